The van der Waals surface area contributed by atoms with Gasteiger partial charge in [0, 0.05) is 51.7 Å². The van der Waals surface area contributed by atoms with Gasteiger partial charge in [-0.3, -0.25) is 33.9 Å². The van der Waals surface area contributed by atoms with E-state index in [2.05, 4.69) is 20.6 Å². The quantitative estimate of drug-likeness (QED) is 0.0953. The van der Waals surface area contributed by atoms with Crippen LogP contribution < -0.4 is 16.0 Å². The molecule has 7 N–H and O–H groups in total. The summed E-state index contributed by atoms with van der Waals surface area (Å²) in [5, 5.41) is 7.30. The number of amides is 3. The number of carbonyl (C=O) groups is 3. The van der Waals surface area contributed by atoms with Gasteiger partial charge in [0.25, 0.3) is 5.91 Å². The van der Waals surface area contributed by atoms with Crippen LogP contribution in [0.2, 0.25) is 0 Å². The van der Waals surface area contributed by atoms with Crippen LogP contribution in [0.3, 0.4) is 0 Å². The zero-order chi connectivity index (χ0) is 35.3. The fourth-order valence-electron chi connectivity index (χ4n) is 4.73. The molecule has 3 amide bonds. The van der Waals surface area contributed by atoms with E-state index in [1.165, 1.54) is 23.9 Å². The van der Waals surface area contributed by atoms with Gasteiger partial charge in [0.2, 0.25) is 11.4 Å². The van der Waals surface area contributed by atoms with Gasteiger partial charge in [0.15, 0.2) is 0 Å². The molecule has 1 aromatic heterocycles. The first-order valence-corrected chi connectivity index (χ1v) is 18.4. The average Bonchev–Trinajstić information content (AvgIpc) is 2.99. The van der Waals surface area contributed by atoms with Crippen LogP contribution in [0.15, 0.2) is 48.9 Å². The standard InChI is InChI=1S/C27H41BN6O12P2/c1-19(2)16-23(32-24(35)21(17-20-6-4-3-5-7-20)31-25(36)22-18-29-8-9-30-22)28-45-14-11-34(12-15-46-28)10-13-44-26(37)33-27(47(38,39)40)48(41,42)43/h3-9,18-19,21,23,27H,10-17H2,1-2H3,(H,31,36)(H,32,35)(H,33,37)(H2,38,39,40)(H2,41,42,43). The van der Waals surface area contributed by atoms with Crippen molar-refractivity contribution in [1.29, 1.82) is 0 Å². The first-order chi connectivity index (χ1) is 22.6. The van der Waals surface area contributed by atoms with Gasteiger partial charge >= 0.3 is 28.4 Å². The fourth-order valence-corrected chi connectivity index (χ4v) is 6.84. The van der Waals surface area contributed by atoms with Crippen molar-refractivity contribution < 1.29 is 57.1 Å². The highest BCUT2D eigenvalue weighted by Gasteiger charge is 2.45. The molecule has 0 spiro atoms. The van der Waals surface area contributed by atoms with Gasteiger partial charge in [-0.05, 0) is 17.9 Å². The molecule has 2 unspecified atom stereocenters. The molecule has 0 radical (unpaired) electrons. The molecule has 1 saturated heterocycles. The molecule has 1 aromatic carbocycles. The lowest BCUT2D eigenvalue weighted by atomic mass is 9.73. The second kappa shape index (κ2) is 18.5. The number of nitrogens with one attached hydrogen (secondary N) is 3. The Kier molecular flexibility index (Phi) is 15.1. The molecule has 2 heterocycles. The Balaban J connectivity index is 1.58. The molecule has 0 saturated carbocycles. The van der Waals surface area contributed by atoms with E-state index in [1.54, 1.807) is 0 Å². The average molecular weight is 714 g/mol. The van der Waals surface area contributed by atoms with Crippen molar-refractivity contribution in [3.8, 4) is 0 Å². The summed E-state index contributed by atoms with van der Waals surface area (Å²) < 4.78 is 39.6. The maximum atomic E-state index is 13.7. The highest BCUT2D eigenvalue weighted by molar-refractivity contribution is 7.70. The molecule has 0 bridgehead atoms. The van der Waals surface area contributed by atoms with E-state index in [4.69, 9.17) is 33.6 Å². The Labute approximate surface area is 277 Å². The zero-order valence-electron chi connectivity index (χ0n) is 26.5. The van der Waals surface area contributed by atoms with Gasteiger partial charge < -0.3 is 44.3 Å². The summed E-state index contributed by atoms with van der Waals surface area (Å²) >= 11 is 0. The maximum absolute atomic E-state index is 13.7. The minimum absolute atomic E-state index is 0.0656. The largest absolute Gasteiger partial charge is 0.480 e. The summed E-state index contributed by atoms with van der Waals surface area (Å²) in [6.45, 7) is 4.92. The van der Waals surface area contributed by atoms with Gasteiger partial charge in [0.1, 0.15) is 18.3 Å². The Morgan fingerprint density at radius 1 is 0.979 bits per heavy atom. The molecule has 1 fully saturated rings. The lowest BCUT2D eigenvalue weighted by Gasteiger charge is -2.32. The number of rotatable bonds is 15. The van der Waals surface area contributed by atoms with Gasteiger partial charge in [-0.1, -0.05) is 44.2 Å². The fraction of sp³-hybridized carbons (Fsp3) is 0.519. The summed E-state index contributed by atoms with van der Waals surface area (Å²) in [6.07, 6.45) is 3.44. The number of aromatic nitrogens is 2. The highest BCUT2D eigenvalue weighted by Crippen LogP contribution is 2.58. The third-order valence-electron chi connectivity index (χ3n) is 6.99. The van der Waals surface area contributed by atoms with E-state index in [0.717, 1.165) is 5.56 Å². The molecule has 264 valence electrons. The van der Waals surface area contributed by atoms with E-state index in [0.29, 0.717) is 19.5 Å². The van der Waals surface area contributed by atoms with Gasteiger partial charge in [-0.15, -0.1) is 0 Å². The molecule has 18 nitrogen and oxygen atoms in total. The Bertz CT molecular complexity index is 1400. The second-order valence-electron chi connectivity index (χ2n) is 11.3. The van der Waals surface area contributed by atoms with Gasteiger partial charge in [-0.25, -0.2) is 9.78 Å². The van der Waals surface area contributed by atoms with Crippen molar-refractivity contribution in [2.75, 3.05) is 39.5 Å². The molecule has 3 rings (SSSR count). The summed E-state index contributed by atoms with van der Waals surface area (Å²) in [5.74, 6) is -1.42. The maximum Gasteiger partial charge on any atom is 0.480 e. The Morgan fingerprint density at radius 3 is 2.19 bits per heavy atom. The van der Waals surface area contributed by atoms with Crippen molar-refractivity contribution in [3.05, 3.63) is 60.2 Å². The van der Waals surface area contributed by atoms with Crippen molar-refractivity contribution in [2.45, 2.75) is 44.2 Å². The normalized spacial score (nSPS) is 16.0. The molecule has 2 aromatic rings. The first-order valence-electron chi connectivity index (χ1n) is 15.0. The van der Waals surface area contributed by atoms with Crippen LogP contribution >= 0.6 is 15.2 Å². The first kappa shape index (κ1) is 39.2. The third kappa shape index (κ3) is 13.3. The zero-order valence-corrected chi connectivity index (χ0v) is 28.2. The van der Waals surface area contributed by atoms with E-state index in [1.807, 2.05) is 49.1 Å². The van der Waals surface area contributed by atoms with Gasteiger partial charge in [-0.2, -0.15) is 0 Å². The lowest BCUT2D eigenvalue weighted by Crippen LogP contribution is -2.57. The third-order valence-corrected chi connectivity index (χ3v) is 10.3. The molecule has 48 heavy (non-hydrogen) atoms. The topological polar surface area (TPSA) is 259 Å². The van der Waals surface area contributed by atoms with E-state index >= 15 is 0 Å². The van der Waals surface area contributed by atoms with Crippen molar-refractivity contribution in [1.82, 2.24) is 30.8 Å². The smallest absolute Gasteiger partial charge is 0.448 e. The number of benzene rings is 1. The van der Waals surface area contributed by atoms with Crippen LogP contribution in [0, 0.1) is 5.92 Å². The number of nitrogens with zero attached hydrogens (tertiary/aromatic N) is 3. The molecular weight excluding hydrogens is 673 g/mol. The number of alkyl carbamates (subject to hydrolysis) is 1. The lowest BCUT2D eigenvalue weighted by molar-refractivity contribution is -0.123. The van der Waals surface area contributed by atoms with Gasteiger partial charge in [0.05, 0.1) is 12.1 Å². The molecule has 21 heteroatoms. The van der Waals surface area contributed by atoms with Crippen LogP contribution in [0.1, 0.15) is 36.3 Å². The van der Waals surface area contributed by atoms with Crippen LogP contribution in [-0.2, 0) is 34.4 Å². The van der Waals surface area contributed by atoms with E-state index in [9.17, 15) is 23.5 Å². The Hall–Kier alpha value is -3.25. The van der Waals surface area contributed by atoms with Crippen LogP contribution in [0.25, 0.3) is 0 Å². The summed E-state index contributed by atoms with van der Waals surface area (Å²) in [5.41, 5.74) is -1.82. The molecule has 2 atom stereocenters. The van der Waals surface area contributed by atoms with Crippen LogP contribution in [0.5, 0.6) is 0 Å². The van der Waals surface area contributed by atoms with E-state index in [-0.39, 0.29) is 44.4 Å². The minimum atomic E-state index is -5.36. The number of ether oxygens (including phenoxy) is 1. The van der Waals surface area contributed by atoms with Crippen molar-refractivity contribution >= 4 is 40.2 Å². The minimum Gasteiger partial charge on any atom is -0.448 e. The van der Waals surface area contributed by atoms with Crippen molar-refractivity contribution in [3.63, 3.8) is 0 Å². The summed E-state index contributed by atoms with van der Waals surface area (Å²) in [6, 6.07) is 8.29. The predicted octanol–water partition coefficient (Wildman–Crippen LogP) is 0.0900. The number of hydrogen-bond acceptors (Lipinski definition) is 11. The monoisotopic (exact) mass is 714 g/mol. The molecule has 1 aliphatic heterocycles. The molecule has 1 aliphatic rings. The van der Waals surface area contributed by atoms with E-state index < -0.39 is 57.7 Å². The second-order valence-corrected chi connectivity index (χ2v) is 15.1. The summed E-state index contributed by atoms with van der Waals surface area (Å²) in [7, 11) is -11.5. The highest BCUT2D eigenvalue weighted by atomic mass is 31.2. The number of hydrogen-bond donors (Lipinski definition) is 7. The Morgan fingerprint density at radius 2 is 1.62 bits per heavy atom. The molecular formula is C27H41BN6O12P2. The number of carbonyl (C=O) groups excluding carboxylic acids is 3. The predicted molar refractivity (Wildman–Crippen MR) is 171 cm³/mol. The summed E-state index contributed by atoms with van der Waals surface area (Å²) in [4.78, 5) is 84.9. The SMILES string of the molecule is CC(C)CC(NC(=O)C(Cc1ccccc1)NC(=O)c1cnccn1)B1OCCN(CCOC(=O)NC(P(=O)(O)O)P(=O)(O)O)CCO1. The van der Waals surface area contributed by atoms with Crippen molar-refractivity contribution in [2.24, 2.45) is 5.92 Å². The van der Waals surface area contributed by atoms with Crippen LogP contribution in [-0.4, -0.2) is 116 Å². The molecule has 0 aliphatic carbocycles. The van der Waals surface area contributed by atoms with Crippen LogP contribution in [0.4, 0.5) is 4.79 Å².